The normalized spacial score (nSPS) is 15.3. The summed E-state index contributed by atoms with van der Waals surface area (Å²) in [5.41, 5.74) is 28.1. The van der Waals surface area contributed by atoms with Crippen LogP contribution in [0.4, 0.5) is 0 Å². The first kappa shape index (κ1) is 44.6. The van der Waals surface area contributed by atoms with E-state index >= 15 is 0 Å². The van der Waals surface area contributed by atoms with Gasteiger partial charge in [-0.1, -0.05) is 236 Å². The summed E-state index contributed by atoms with van der Waals surface area (Å²) in [6, 6.07) is 85.8. The van der Waals surface area contributed by atoms with Gasteiger partial charge < -0.3 is 0 Å². The largest absolute Gasteiger partial charge is 0.0622 e. The predicted molar refractivity (Wildman–Crippen MR) is 314 cm³/mol. The van der Waals surface area contributed by atoms with Gasteiger partial charge in [-0.25, -0.2) is 0 Å². The zero-order valence-electron chi connectivity index (χ0n) is 43.4. The highest BCUT2D eigenvalue weighted by Gasteiger charge is 2.39. The van der Waals surface area contributed by atoms with Gasteiger partial charge in [0.05, 0.1) is 0 Å². The summed E-state index contributed by atoms with van der Waals surface area (Å²) in [6.45, 7) is 14.6. The van der Waals surface area contributed by atoms with E-state index in [1.54, 1.807) is 0 Å². The fraction of sp³-hybridized carbons (Fsp3) is 0.162. The van der Waals surface area contributed by atoms with Crippen molar-refractivity contribution in [1.82, 2.24) is 0 Å². The van der Waals surface area contributed by atoms with Gasteiger partial charge >= 0.3 is 0 Å². The lowest BCUT2D eigenvalue weighted by atomic mass is 9.77. The number of hydrogen-bond donors (Lipinski definition) is 0. The van der Waals surface area contributed by atoms with Crippen molar-refractivity contribution in [3.63, 3.8) is 0 Å². The van der Waals surface area contributed by atoms with Crippen molar-refractivity contribution in [2.24, 2.45) is 0 Å². The Labute approximate surface area is 437 Å². The molecule has 11 aromatic rings. The molecule has 0 amide bonds. The number of aryl methyl sites for hydroxylation is 1. The molecule has 14 rings (SSSR count). The lowest BCUT2D eigenvalue weighted by molar-refractivity contribution is 0.648. The Hall–Kier alpha value is -8.06. The highest BCUT2D eigenvalue weighted by molar-refractivity contribution is 5.91. The maximum Gasteiger partial charge on any atom is 0.0159 e. The van der Waals surface area contributed by atoms with E-state index in [0.717, 1.165) is 12.8 Å². The quantitative estimate of drug-likeness (QED) is 0.142. The maximum atomic E-state index is 2.59. The lowest BCUT2D eigenvalue weighted by Gasteiger charge is -2.26. The second-order valence-electron chi connectivity index (χ2n) is 23.2. The molecule has 0 radical (unpaired) electrons. The minimum atomic E-state index is -0.162. The number of fused-ring (bicyclic) bond motifs is 11. The van der Waals surface area contributed by atoms with Crippen molar-refractivity contribution in [3.05, 3.63) is 275 Å². The summed E-state index contributed by atoms with van der Waals surface area (Å²) in [5, 5.41) is 5.11. The van der Waals surface area contributed by atoms with E-state index in [1.165, 1.54) is 138 Å². The Morgan fingerprint density at radius 2 is 0.608 bits per heavy atom. The van der Waals surface area contributed by atoms with Crippen LogP contribution in [0.2, 0.25) is 0 Å². The van der Waals surface area contributed by atoms with E-state index in [0.29, 0.717) is 0 Å². The number of rotatable bonds is 8. The van der Waals surface area contributed by atoms with Crippen molar-refractivity contribution in [2.45, 2.75) is 76.5 Å². The Morgan fingerprint density at radius 3 is 1.07 bits per heavy atom. The van der Waals surface area contributed by atoms with Gasteiger partial charge in [0.2, 0.25) is 0 Å². The summed E-state index contributed by atoms with van der Waals surface area (Å²) < 4.78 is 0. The fourth-order valence-electron chi connectivity index (χ4n) is 13.6. The van der Waals surface area contributed by atoms with E-state index in [1.807, 2.05) is 0 Å². The number of benzene rings is 11. The summed E-state index contributed by atoms with van der Waals surface area (Å²) >= 11 is 0. The molecular weight excluding hydrogens is 889 g/mol. The predicted octanol–water partition coefficient (Wildman–Crippen LogP) is 19.7. The zero-order valence-corrected chi connectivity index (χ0v) is 43.4. The van der Waals surface area contributed by atoms with Crippen LogP contribution in [-0.4, -0.2) is 0 Å². The standard InChI is InChI=1S/C74H60/c1-72(2)66-38-46(21-32-60(66)61-34-27-55(42-68(61)72)52-24-22-48-16-10-12-18-50(48)39-52)20-31-59(57-29-36-64-62-33-26-54(47-14-8-7-9-15-47)41-67(62)73(3,4)70(64)44-57)58-30-37-65-63-35-28-56(43-69(63)74(5,6)71(65)45-58)53-25-23-49-17-11-13-19-51(49)40-53/h7-19,21-30,32-45,59H,20,31H2,1-6H3. The fourth-order valence-corrected chi connectivity index (χ4v) is 13.6. The summed E-state index contributed by atoms with van der Waals surface area (Å²) in [7, 11) is 0. The van der Waals surface area contributed by atoms with Crippen molar-refractivity contribution in [1.29, 1.82) is 0 Å². The zero-order chi connectivity index (χ0) is 50.1. The van der Waals surface area contributed by atoms with Crippen LogP contribution < -0.4 is 0 Å². The molecular formula is C74H60. The Bertz CT molecular complexity index is 4100. The summed E-state index contributed by atoms with van der Waals surface area (Å²) in [6.07, 6.45) is 1.98. The average Bonchev–Trinajstić information content (AvgIpc) is 3.92. The molecule has 0 aliphatic heterocycles. The van der Waals surface area contributed by atoms with E-state index in [4.69, 9.17) is 0 Å². The molecule has 356 valence electrons. The van der Waals surface area contributed by atoms with Crippen molar-refractivity contribution in [3.8, 4) is 66.8 Å². The van der Waals surface area contributed by atoms with Crippen LogP contribution in [0.5, 0.6) is 0 Å². The molecule has 0 aromatic heterocycles. The smallest absolute Gasteiger partial charge is 0.0159 e. The van der Waals surface area contributed by atoms with Crippen molar-refractivity contribution in [2.75, 3.05) is 0 Å². The molecule has 0 fully saturated rings. The molecule has 3 aliphatic rings. The van der Waals surface area contributed by atoms with Crippen molar-refractivity contribution >= 4 is 21.5 Å². The van der Waals surface area contributed by atoms with Crippen LogP contribution in [0.25, 0.3) is 88.3 Å². The molecule has 1 unspecified atom stereocenters. The molecule has 0 saturated carbocycles. The van der Waals surface area contributed by atoms with Gasteiger partial charge in [-0.15, -0.1) is 0 Å². The van der Waals surface area contributed by atoms with Crippen LogP contribution in [0.15, 0.2) is 224 Å². The SMILES string of the molecule is CC1(C)c2cc(CCC(c3ccc4c(c3)C(C)(C)c3cc(-c5ccccc5)ccc3-4)c3ccc4c(c3)C(C)(C)c3cc(-c5ccc6ccccc6c5)ccc3-4)ccc2-c2ccc(-c3ccc4ccccc4c3)cc21. The van der Waals surface area contributed by atoms with Crippen LogP contribution in [0.3, 0.4) is 0 Å². The van der Waals surface area contributed by atoms with Crippen molar-refractivity contribution < 1.29 is 0 Å². The average molecular weight is 949 g/mol. The van der Waals surface area contributed by atoms with Crippen LogP contribution in [-0.2, 0) is 22.7 Å². The van der Waals surface area contributed by atoms with Gasteiger partial charge in [0.15, 0.2) is 0 Å². The summed E-state index contributed by atoms with van der Waals surface area (Å²) in [4.78, 5) is 0. The monoisotopic (exact) mass is 948 g/mol. The Kier molecular flexibility index (Phi) is 9.94. The highest BCUT2D eigenvalue weighted by Crippen LogP contribution is 2.54. The second kappa shape index (κ2) is 16.5. The van der Waals surface area contributed by atoms with Gasteiger partial charge in [-0.3, -0.25) is 0 Å². The van der Waals surface area contributed by atoms with Gasteiger partial charge in [0, 0.05) is 22.2 Å². The van der Waals surface area contributed by atoms with E-state index in [-0.39, 0.29) is 22.2 Å². The molecule has 0 heterocycles. The first-order valence-corrected chi connectivity index (χ1v) is 26.8. The first-order chi connectivity index (χ1) is 35.9. The van der Waals surface area contributed by atoms with E-state index in [2.05, 4.69) is 266 Å². The third kappa shape index (κ3) is 6.95. The molecule has 0 spiro atoms. The van der Waals surface area contributed by atoms with Gasteiger partial charge in [0.1, 0.15) is 0 Å². The van der Waals surface area contributed by atoms with E-state index < -0.39 is 0 Å². The van der Waals surface area contributed by atoms with Crippen LogP contribution in [0, 0.1) is 0 Å². The minimum absolute atomic E-state index is 0.122. The van der Waals surface area contributed by atoms with Crippen LogP contribution in [0.1, 0.15) is 104 Å². The van der Waals surface area contributed by atoms with Crippen LogP contribution >= 0.6 is 0 Å². The molecule has 11 aromatic carbocycles. The Balaban J connectivity index is 0.823. The third-order valence-corrected chi connectivity index (χ3v) is 17.9. The minimum Gasteiger partial charge on any atom is -0.0622 e. The lowest BCUT2D eigenvalue weighted by Crippen LogP contribution is -2.17. The molecule has 74 heavy (non-hydrogen) atoms. The molecule has 0 heteroatoms. The highest BCUT2D eigenvalue weighted by atomic mass is 14.4. The molecule has 0 nitrogen and oxygen atoms in total. The molecule has 0 bridgehead atoms. The maximum absolute atomic E-state index is 2.59. The third-order valence-electron chi connectivity index (χ3n) is 17.9. The van der Waals surface area contributed by atoms with Gasteiger partial charge in [-0.2, -0.15) is 0 Å². The number of hydrogen-bond acceptors (Lipinski definition) is 0. The molecule has 1 atom stereocenters. The molecule has 0 saturated heterocycles. The van der Waals surface area contributed by atoms with Gasteiger partial charge in [0.25, 0.3) is 0 Å². The second-order valence-corrected chi connectivity index (χ2v) is 23.2. The van der Waals surface area contributed by atoms with E-state index in [9.17, 15) is 0 Å². The van der Waals surface area contributed by atoms with Gasteiger partial charge in [-0.05, 0) is 182 Å². The first-order valence-electron chi connectivity index (χ1n) is 26.8. The molecule has 0 N–H and O–H groups in total. The summed E-state index contributed by atoms with van der Waals surface area (Å²) in [5.74, 6) is 0.195. The Morgan fingerprint density at radius 1 is 0.270 bits per heavy atom. The topological polar surface area (TPSA) is 0 Å². The molecule has 3 aliphatic carbocycles.